The van der Waals surface area contributed by atoms with E-state index in [1.165, 1.54) is 55.2 Å². The largest absolute Gasteiger partial charge is 0.309 e. The van der Waals surface area contributed by atoms with Gasteiger partial charge in [0, 0.05) is 38.7 Å². The molecule has 12 aromatic rings. The van der Waals surface area contributed by atoms with Crippen molar-refractivity contribution >= 4 is 21.8 Å². The topological polar surface area (TPSA) is 43.6 Å². The zero-order chi connectivity index (χ0) is 45.0. The van der Waals surface area contributed by atoms with Crippen LogP contribution in [0.2, 0.25) is 0 Å². The first-order valence-electron chi connectivity index (χ1n) is 23.2. The summed E-state index contributed by atoms with van der Waals surface area (Å²) in [6, 6.07) is 86.7. The molecule has 1 aliphatic rings. The minimum atomic E-state index is 0.620. The van der Waals surface area contributed by atoms with E-state index in [-0.39, 0.29) is 0 Å². The Kier molecular flexibility index (Phi) is 9.54. The van der Waals surface area contributed by atoms with E-state index in [0.29, 0.717) is 17.5 Å². The molecule has 1 aliphatic carbocycles. The molecule has 0 saturated carbocycles. The second-order valence-corrected chi connectivity index (χ2v) is 17.5. The van der Waals surface area contributed by atoms with Gasteiger partial charge in [0.25, 0.3) is 0 Å². The maximum atomic E-state index is 5.38. The zero-order valence-electron chi connectivity index (χ0n) is 37.1. The molecule has 0 bridgehead atoms. The van der Waals surface area contributed by atoms with Crippen LogP contribution in [0.1, 0.15) is 11.1 Å². The van der Waals surface area contributed by atoms with Gasteiger partial charge in [0.05, 0.1) is 11.0 Å². The molecular weight excluding hydrogens is 825 g/mol. The number of fused-ring (bicyclic) bond motifs is 7. The van der Waals surface area contributed by atoms with Crippen LogP contribution in [0.25, 0.3) is 117 Å². The number of para-hydroxylation sites is 2. The molecule has 13 rings (SSSR count). The third kappa shape index (κ3) is 6.73. The highest BCUT2D eigenvalue weighted by Gasteiger charge is 2.29. The second-order valence-electron chi connectivity index (χ2n) is 17.5. The Balaban J connectivity index is 1.07. The highest BCUT2D eigenvalue weighted by Crippen LogP contribution is 2.49. The molecule has 2 heterocycles. The Morgan fingerprint density at radius 2 is 0.853 bits per heavy atom. The van der Waals surface area contributed by atoms with E-state index in [9.17, 15) is 0 Å². The van der Waals surface area contributed by atoms with Crippen LogP contribution in [0, 0.1) is 0 Å². The molecule has 0 aliphatic heterocycles. The van der Waals surface area contributed by atoms with Gasteiger partial charge < -0.3 is 4.57 Å². The van der Waals surface area contributed by atoms with E-state index in [1.54, 1.807) is 0 Å². The van der Waals surface area contributed by atoms with Crippen molar-refractivity contribution in [1.82, 2.24) is 19.5 Å². The second kappa shape index (κ2) is 16.5. The maximum absolute atomic E-state index is 5.38. The summed E-state index contributed by atoms with van der Waals surface area (Å²) in [5, 5.41) is 2.51. The maximum Gasteiger partial charge on any atom is 0.164 e. The molecule has 4 nitrogen and oxygen atoms in total. The van der Waals surface area contributed by atoms with Gasteiger partial charge in [0.15, 0.2) is 17.5 Å². The van der Waals surface area contributed by atoms with E-state index in [0.717, 1.165) is 62.2 Å². The molecule has 4 heteroatoms. The quantitative estimate of drug-likeness (QED) is 0.153. The minimum Gasteiger partial charge on any atom is -0.309 e. The summed E-state index contributed by atoms with van der Waals surface area (Å²) in [4.78, 5) is 15.9. The predicted octanol–water partition coefficient (Wildman–Crippen LogP) is 16.2. The molecule has 0 atom stereocenters. The van der Waals surface area contributed by atoms with Crippen LogP contribution in [0.15, 0.2) is 243 Å². The molecule has 10 aromatic carbocycles. The lowest BCUT2D eigenvalue weighted by atomic mass is 9.87. The predicted molar refractivity (Wildman–Crippen MR) is 280 cm³/mol. The third-order valence-electron chi connectivity index (χ3n) is 13.5. The minimum absolute atomic E-state index is 0.620. The monoisotopic (exact) mass is 866 g/mol. The molecule has 0 saturated heterocycles. The van der Waals surface area contributed by atoms with Gasteiger partial charge in [-0.05, 0) is 98.0 Å². The molecule has 0 amide bonds. The van der Waals surface area contributed by atoms with Gasteiger partial charge in [-0.3, -0.25) is 0 Å². The Bertz CT molecular complexity index is 3790. The Morgan fingerprint density at radius 3 is 1.54 bits per heavy atom. The summed E-state index contributed by atoms with van der Waals surface area (Å²) in [6.45, 7) is 0. The summed E-state index contributed by atoms with van der Waals surface area (Å²) in [6.07, 6.45) is 0.799. The van der Waals surface area contributed by atoms with Crippen LogP contribution in [-0.4, -0.2) is 19.5 Å². The fourth-order valence-electron chi connectivity index (χ4n) is 10.4. The van der Waals surface area contributed by atoms with E-state index >= 15 is 0 Å². The van der Waals surface area contributed by atoms with Gasteiger partial charge >= 0.3 is 0 Å². The average Bonchev–Trinajstić information content (AvgIpc) is 3.98. The summed E-state index contributed by atoms with van der Waals surface area (Å²) in [7, 11) is 0. The van der Waals surface area contributed by atoms with E-state index < -0.39 is 0 Å². The van der Waals surface area contributed by atoms with Crippen molar-refractivity contribution in [3.8, 4) is 95.5 Å². The van der Waals surface area contributed by atoms with Crippen molar-refractivity contribution in [2.24, 2.45) is 0 Å². The van der Waals surface area contributed by atoms with Gasteiger partial charge in [-0.15, -0.1) is 0 Å². The summed E-state index contributed by atoms with van der Waals surface area (Å²) in [5.74, 6) is 1.88. The van der Waals surface area contributed by atoms with Gasteiger partial charge in [0.2, 0.25) is 0 Å². The van der Waals surface area contributed by atoms with Crippen molar-refractivity contribution in [1.29, 1.82) is 0 Å². The zero-order valence-corrected chi connectivity index (χ0v) is 37.1. The molecule has 318 valence electrons. The molecule has 0 fully saturated rings. The summed E-state index contributed by atoms with van der Waals surface area (Å²) in [5.41, 5.74) is 20.6. The molecule has 68 heavy (non-hydrogen) atoms. The van der Waals surface area contributed by atoms with Crippen LogP contribution < -0.4 is 0 Å². The molecule has 0 spiro atoms. The fourth-order valence-corrected chi connectivity index (χ4v) is 10.4. The van der Waals surface area contributed by atoms with Crippen molar-refractivity contribution in [3.63, 3.8) is 0 Å². The Morgan fingerprint density at radius 1 is 0.309 bits per heavy atom. The summed E-state index contributed by atoms with van der Waals surface area (Å²) < 4.78 is 2.46. The van der Waals surface area contributed by atoms with E-state index in [4.69, 9.17) is 15.0 Å². The van der Waals surface area contributed by atoms with Crippen LogP contribution >= 0.6 is 0 Å². The van der Waals surface area contributed by atoms with Gasteiger partial charge in [0.1, 0.15) is 0 Å². The van der Waals surface area contributed by atoms with Crippen molar-refractivity contribution in [2.45, 2.75) is 6.42 Å². The number of benzene rings is 10. The first-order chi connectivity index (χ1) is 33.7. The normalized spacial score (nSPS) is 11.8. The highest BCUT2D eigenvalue weighted by atomic mass is 15.0. The van der Waals surface area contributed by atoms with Crippen molar-refractivity contribution < 1.29 is 0 Å². The molecule has 0 unspecified atom stereocenters. The van der Waals surface area contributed by atoms with Crippen LogP contribution in [0.3, 0.4) is 0 Å². The SMILES string of the molecule is c1ccc(-c2ccc(-c3ccccc3)c(-c3ccc(-c4cccc5c4Cc4ccc6c7ccccc7n(-c7ccccc7)c6c4-5)c(-c4nc(-c5ccccc5)nc(-c5ccccc5)n4)c3)c2)cc1. The highest BCUT2D eigenvalue weighted by molar-refractivity contribution is 6.15. The van der Waals surface area contributed by atoms with Crippen molar-refractivity contribution in [3.05, 3.63) is 254 Å². The first-order valence-corrected chi connectivity index (χ1v) is 23.2. The number of hydrogen-bond donors (Lipinski definition) is 0. The Labute approximate surface area is 395 Å². The van der Waals surface area contributed by atoms with Crippen molar-refractivity contribution in [2.75, 3.05) is 0 Å². The lowest BCUT2D eigenvalue weighted by molar-refractivity contribution is 1.07. The summed E-state index contributed by atoms with van der Waals surface area (Å²) >= 11 is 0. The number of aromatic nitrogens is 4. The van der Waals surface area contributed by atoms with Gasteiger partial charge in [-0.25, -0.2) is 15.0 Å². The van der Waals surface area contributed by atoms with Crippen LogP contribution in [0.4, 0.5) is 0 Å². The lowest BCUT2D eigenvalue weighted by Gasteiger charge is -2.18. The molecule has 2 aromatic heterocycles. The third-order valence-corrected chi connectivity index (χ3v) is 13.5. The molecule has 0 N–H and O–H groups in total. The fraction of sp³-hybridized carbons (Fsp3) is 0.0156. The molecule has 0 radical (unpaired) electrons. The average molecular weight is 867 g/mol. The number of nitrogens with zero attached hydrogens (tertiary/aromatic N) is 4. The Hall–Kier alpha value is -8.99. The molecular formula is C64H42N4. The van der Waals surface area contributed by atoms with E-state index in [1.807, 2.05) is 36.4 Å². The number of hydrogen-bond acceptors (Lipinski definition) is 3. The first kappa shape index (κ1) is 39.4. The van der Waals surface area contributed by atoms with Gasteiger partial charge in [-0.2, -0.15) is 0 Å². The van der Waals surface area contributed by atoms with Crippen LogP contribution in [-0.2, 0) is 6.42 Å². The van der Waals surface area contributed by atoms with Crippen LogP contribution in [0.5, 0.6) is 0 Å². The van der Waals surface area contributed by atoms with Gasteiger partial charge in [-0.1, -0.05) is 212 Å². The standard InChI is InChI=1S/C64H42N4/c1-6-19-42(20-7-1)46-33-36-50(43-21-8-2-9-22-43)56(39-46)47-34-37-52(58(40-47)64-66-62(44-23-10-3-11-24-44)65-63(67-64)45-25-12-4-13-26-45)51-30-18-31-54-57(51)41-48-35-38-55-53-29-16-17-32-59(53)68(61(55)60(48)54)49-27-14-5-15-28-49/h1-40H,41H2. The lowest BCUT2D eigenvalue weighted by Crippen LogP contribution is -2.02. The number of rotatable bonds is 8. The smallest absolute Gasteiger partial charge is 0.164 e. The van der Waals surface area contributed by atoms with E-state index in [2.05, 4.69) is 211 Å².